The number of aryl methyl sites for hydroxylation is 1. The second-order valence-electron chi connectivity index (χ2n) is 6.26. The topological polar surface area (TPSA) is 90.9 Å². The summed E-state index contributed by atoms with van der Waals surface area (Å²) >= 11 is 0. The Bertz CT molecular complexity index is 1260. The van der Waals surface area contributed by atoms with Crippen LogP contribution in [0.5, 0.6) is 5.75 Å². The molecule has 0 heterocycles. The second-order valence-corrected chi connectivity index (χ2v) is 8.15. The van der Waals surface area contributed by atoms with Crippen molar-refractivity contribution in [1.82, 2.24) is 0 Å². The maximum Gasteiger partial charge on any atom is 0.208 e. The highest BCUT2D eigenvalue weighted by Crippen LogP contribution is 2.31. The van der Waals surface area contributed by atoms with Gasteiger partial charge in [-0.05, 0) is 48.4 Å². The van der Waals surface area contributed by atoms with Crippen LogP contribution in [0.2, 0.25) is 0 Å². The van der Waals surface area contributed by atoms with Gasteiger partial charge in [0.2, 0.25) is 9.84 Å². The fraction of sp³-hybridized carbons (Fsp3) is 0.0909. The SMILES string of the molecule is Cc1cc(F)cc(C#N)c1S(=O)(=O)c1ccc(OCc2ccccc2)c(C#N)c1. The van der Waals surface area contributed by atoms with Gasteiger partial charge in [0.1, 0.15) is 30.3 Å². The van der Waals surface area contributed by atoms with Crippen LogP contribution >= 0.6 is 0 Å². The molecule has 29 heavy (non-hydrogen) atoms. The van der Waals surface area contributed by atoms with E-state index in [0.29, 0.717) is 0 Å². The maximum absolute atomic E-state index is 13.6. The molecule has 0 aliphatic heterocycles. The van der Waals surface area contributed by atoms with Crippen molar-refractivity contribution < 1.29 is 17.5 Å². The van der Waals surface area contributed by atoms with E-state index in [2.05, 4.69) is 0 Å². The first-order valence-corrected chi connectivity index (χ1v) is 10.0. The van der Waals surface area contributed by atoms with E-state index >= 15 is 0 Å². The molecule has 144 valence electrons. The third kappa shape index (κ3) is 4.11. The molecule has 3 aromatic carbocycles. The molecule has 0 unspecified atom stereocenters. The summed E-state index contributed by atoms with van der Waals surface area (Å²) in [5.74, 6) is -0.452. The van der Waals surface area contributed by atoms with Crippen LogP contribution in [0, 0.1) is 35.4 Å². The molecule has 0 bridgehead atoms. The van der Waals surface area contributed by atoms with Crippen molar-refractivity contribution in [2.24, 2.45) is 0 Å². The second kappa shape index (κ2) is 8.14. The molecule has 0 aliphatic rings. The zero-order chi connectivity index (χ0) is 21.0. The van der Waals surface area contributed by atoms with Gasteiger partial charge in [-0.1, -0.05) is 30.3 Å². The molecule has 0 fully saturated rings. The lowest BCUT2D eigenvalue weighted by Gasteiger charge is -2.12. The summed E-state index contributed by atoms with van der Waals surface area (Å²) in [6.45, 7) is 1.64. The van der Waals surface area contributed by atoms with Crippen LogP contribution < -0.4 is 4.74 Å². The van der Waals surface area contributed by atoms with Crippen LogP contribution in [0.15, 0.2) is 70.5 Å². The van der Waals surface area contributed by atoms with Crippen LogP contribution in [0.1, 0.15) is 22.3 Å². The highest BCUT2D eigenvalue weighted by Gasteiger charge is 2.25. The first-order chi connectivity index (χ1) is 13.9. The van der Waals surface area contributed by atoms with Crippen LogP contribution in [0.3, 0.4) is 0 Å². The van der Waals surface area contributed by atoms with Crippen LogP contribution in [-0.2, 0) is 16.4 Å². The zero-order valence-corrected chi connectivity index (χ0v) is 16.2. The van der Waals surface area contributed by atoms with Gasteiger partial charge >= 0.3 is 0 Å². The summed E-state index contributed by atoms with van der Waals surface area (Å²) in [6.07, 6.45) is 0. The van der Waals surface area contributed by atoms with Crippen molar-refractivity contribution in [3.8, 4) is 17.9 Å². The largest absolute Gasteiger partial charge is 0.488 e. The average Bonchev–Trinajstić information content (AvgIpc) is 2.71. The maximum atomic E-state index is 13.6. The fourth-order valence-corrected chi connectivity index (χ4v) is 4.55. The summed E-state index contributed by atoms with van der Waals surface area (Å²) in [5, 5.41) is 18.7. The molecule has 0 aliphatic carbocycles. The lowest BCUT2D eigenvalue weighted by atomic mass is 10.1. The highest BCUT2D eigenvalue weighted by atomic mass is 32.2. The Morgan fingerprint density at radius 1 is 0.966 bits per heavy atom. The summed E-state index contributed by atoms with van der Waals surface area (Å²) < 4.78 is 45.4. The van der Waals surface area contributed by atoms with Gasteiger partial charge in [-0.2, -0.15) is 10.5 Å². The van der Waals surface area contributed by atoms with E-state index in [0.717, 1.165) is 17.7 Å². The molecule has 0 N–H and O–H groups in total. The molecule has 7 heteroatoms. The molecule has 5 nitrogen and oxygen atoms in total. The Kier molecular flexibility index (Phi) is 5.63. The molecule has 0 amide bonds. The first kappa shape index (κ1) is 20.1. The molecule has 3 rings (SSSR count). The van der Waals surface area contributed by atoms with E-state index in [9.17, 15) is 23.3 Å². The number of nitrogens with zero attached hydrogens (tertiary/aromatic N) is 2. The molecule has 0 saturated heterocycles. The van der Waals surface area contributed by atoms with Gasteiger partial charge in [0.05, 0.1) is 20.9 Å². The number of benzene rings is 3. The van der Waals surface area contributed by atoms with Gasteiger partial charge in [-0.15, -0.1) is 0 Å². The van der Waals surface area contributed by atoms with Crippen molar-refractivity contribution in [2.45, 2.75) is 23.3 Å². The van der Waals surface area contributed by atoms with E-state index in [1.54, 1.807) is 6.07 Å². The van der Waals surface area contributed by atoms with Gasteiger partial charge in [-0.3, -0.25) is 0 Å². The fourth-order valence-electron chi connectivity index (χ4n) is 2.91. The number of sulfone groups is 1. The minimum atomic E-state index is -4.14. The molecular weight excluding hydrogens is 391 g/mol. The molecule has 0 saturated carbocycles. The first-order valence-electron chi connectivity index (χ1n) is 8.53. The number of nitriles is 2. The van der Waals surface area contributed by atoms with Crippen molar-refractivity contribution in [3.63, 3.8) is 0 Å². The molecule has 0 aromatic heterocycles. The Hall–Kier alpha value is -3.68. The quantitative estimate of drug-likeness (QED) is 0.590. The normalized spacial score (nSPS) is 10.8. The zero-order valence-electron chi connectivity index (χ0n) is 15.4. The predicted octanol–water partition coefficient (Wildman–Crippen LogP) is 4.29. The number of halogens is 1. The van der Waals surface area contributed by atoms with Crippen molar-refractivity contribution in [1.29, 1.82) is 10.5 Å². The lowest BCUT2D eigenvalue weighted by molar-refractivity contribution is 0.305. The number of rotatable bonds is 5. The van der Waals surface area contributed by atoms with Crippen LogP contribution in [0.4, 0.5) is 4.39 Å². The van der Waals surface area contributed by atoms with Crippen molar-refractivity contribution in [2.75, 3.05) is 0 Å². The summed E-state index contributed by atoms with van der Waals surface area (Å²) in [4.78, 5) is -0.449. The predicted molar refractivity (Wildman–Crippen MR) is 103 cm³/mol. The Morgan fingerprint density at radius 3 is 2.31 bits per heavy atom. The van der Waals surface area contributed by atoms with Crippen LogP contribution in [-0.4, -0.2) is 8.42 Å². The van der Waals surface area contributed by atoms with Crippen LogP contribution in [0.25, 0.3) is 0 Å². The third-order valence-electron chi connectivity index (χ3n) is 4.25. The molecule has 0 radical (unpaired) electrons. The monoisotopic (exact) mass is 406 g/mol. The molecular formula is C22H15FN2O3S. The number of hydrogen-bond acceptors (Lipinski definition) is 5. The van der Waals surface area contributed by atoms with Crippen molar-refractivity contribution >= 4 is 9.84 Å². The Morgan fingerprint density at radius 2 is 1.66 bits per heavy atom. The van der Waals surface area contributed by atoms with E-state index < -0.39 is 15.7 Å². The molecule has 0 atom stereocenters. The summed E-state index contributed by atoms with van der Waals surface area (Å²) in [7, 11) is -4.14. The highest BCUT2D eigenvalue weighted by molar-refractivity contribution is 7.91. The van der Waals surface area contributed by atoms with Gasteiger partial charge < -0.3 is 4.74 Å². The third-order valence-corrected chi connectivity index (χ3v) is 6.20. The minimum absolute atomic E-state index is 0.0419. The van der Waals surface area contributed by atoms with Gasteiger partial charge in [0.25, 0.3) is 0 Å². The van der Waals surface area contributed by atoms with E-state index in [4.69, 9.17) is 4.74 Å². The van der Waals surface area contributed by atoms with Crippen molar-refractivity contribution in [3.05, 3.63) is 88.7 Å². The number of ether oxygens (including phenoxy) is 1. The standard InChI is InChI=1S/C22H15FN2O3S/c1-15-9-19(23)10-18(13-25)22(15)29(26,27)20-7-8-21(17(11-20)12-24)28-14-16-5-3-2-4-6-16/h2-11H,14H2,1H3. The van der Waals surface area contributed by atoms with Gasteiger partial charge in [0, 0.05) is 0 Å². The smallest absolute Gasteiger partial charge is 0.208 e. The minimum Gasteiger partial charge on any atom is -0.488 e. The molecule has 3 aromatic rings. The summed E-state index contributed by atoms with van der Waals surface area (Å²) in [5.41, 5.74) is 0.767. The van der Waals surface area contributed by atoms with Gasteiger partial charge in [-0.25, -0.2) is 12.8 Å². The Labute approximate surface area is 168 Å². The molecule has 0 spiro atoms. The average molecular weight is 406 g/mol. The number of hydrogen-bond donors (Lipinski definition) is 0. The van der Waals surface area contributed by atoms with E-state index in [-0.39, 0.29) is 38.8 Å². The van der Waals surface area contributed by atoms with E-state index in [1.165, 1.54) is 25.1 Å². The Balaban J connectivity index is 2.00. The van der Waals surface area contributed by atoms with Gasteiger partial charge in [0.15, 0.2) is 0 Å². The van der Waals surface area contributed by atoms with E-state index in [1.807, 2.05) is 36.4 Å². The lowest BCUT2D eigenvalue weighted by Crippen LogP contribution is -2.08. The summed E-state index contributed by atoms with van der Waals surface area (Å²) in [6, 6.07) is 18.8.